The molecule has 1 saturated carbocycles. The summed E-state index contributed by atoms with van der Waals surface area (Å²) in [7, 11) is -3.54. The van der Waals surface area contributed by atoms with Gasteiger partial charge >= 0.3 is 0 Å². The molecule has 0 aromatic heterocycles. The molecular weight excluding hydrogens is 306 g/mol. The number of hydrogen-bond donors (Lipinski definition) is 1. The Kier molecular flexibility index (Phi) is 5.01. The lowest BCUT2D eigenvalue weighted by molar-refractivity contribution is 0.239. The highest BCUT2D eigenvalue weighted by atomic mass is 35.5. The molecule has 1 aliphatic rings. The van der Waals surface area contributed by atoms with Crippen LogP contribution in [0, 0.1) is 19.8 Å². The van der Waals surface area contributed by atoms with Crippen molar-refractivity contribution in [2.75, 3.05) is 5.88 Å². The molecule has 3 nitrogen and oxygen atoms in total. The zero-order valence-corrected chi connectivity index (χ0v) is 14.5. The highest BCUT2D eigenvalue weighted by Gasteiger charge is 2.38. The maximum Gasteiger partial charge on any atom is 0.241 e. The predicted molar refractivity (Wildman–Crippen MR) is 87.3 cm³/mol. The van der Waals surface area contributed by atoms with E-state index in [9.17, 15) is 8.42 Å². The Morgan fingerprint density at radius 3 is 2.67 bits per heavy atom. The first-order chi connectivity index (χ1) is 9.78. The van der Waals surface area contributed by atoms with Gasteiger partial charge in [-0.15, -0.1) is 11.6 Å². The number of rotatable bonds is 4. The van der Waals surface area contributed by atoms with Crippen LogP contribution >= 0.6 is 11.6 Å². The summed E-state index contributed by atoms with van der Waals surface area (Å²) in [4.78, 5) is 0.357. The van der Waals surface area contributed by atoms with Crippen LogP contribution in [-0.2, 0) is 10.0 Å². The molecule has 0 aliphatic heterocycles. The summed E-state index contributed by atoms with van der Waals surface area (Å²) in [5.41, 5.74) is 1.33. The fraction of sp³-hybridized carbons (Fsp3) is 0.625. The molecule has 0 bridgehead atoms. The maximum atomic E-state index is 12.7. The van der Waals surface area contributed by atoms with Gasteiger partial charge in [0, 0.05) is 11.4 Å². The van der Waals surface area contributed by atoms with Gasteiger partial charge in [0.2, 0.25) is 10.0 Å². The average Bonchev–Trinajstić information content (AvgIpc) is 2.37. The lowest BCUT2D eigenvalue weighted by Gasteiger charge is -2.39. The third-order valence-electron chi connectivity index (χ3n) is 4.32. The van der Waals surface area contributed by atoms with E-state index in [2.05, 4.69) is 11.6 Å². The number of aryl methyl sites for hydroxylation is 2. The topological polar surface area (TPSA) is 46.2 Å². The van der Waals surface area contributed by atoms with Crippen molar-refractivity contribution in [3.8, 4) is 0 Å². The monoisotopic (exact) mass is 329 g/mol. The first-order valence-corrected chi connectivity index (χ1v) is 9.47. The van der Waals surface area contributed by atoms with Crippen molar-refractivity contribution >= 4 is 21.6 Å². The highest BCUT2D eigenvalue weighted by molar-refractivity contribution is 7.89. The number of benzene rings is 1. The van der Waals surface area contributed by atoms with Gasteiger partial charge in [0.15, 0.2) is 0 Å². The third kappa shape index (κ3) is 3.79. The van der Waals surface area contributed by atoms with E-state index in [1.165, 1.54) is 0 Å². The van der Waals surface area contributed by atoms with E-state index in [0.29, 0.717) is 16.7 Å². The molecule has 0 radical (unpaired) electrons. The van der Waals surface area contributed by atoms with Crippen LogP contribution in [0.5, 0.6) is 0 Å². The summed E-state index contributed by atoms with van der Waals surface area (Å²) < 4.78 is 28.4. The third-order valence-corrected chi connectivity index (χ3v) is 6.57. The van der Waals surface area contributed by atoms with Crippen LogP contribution in [0.3, 0.4) is 0 Å². The number of alkyl halides is 1. The lowest BCUT2D eigenvalue weighted by Crippen LogP contribution is -2.52. The summed E-state index contributed by atoms with van der Waals surface area (Å²) in [6.07, 6.45) is 3.78. The Hall–Kier alpha value is -0.580. The van der Waals surface area contributed by atoms with Crippen LogP contribution in [-0.4, -0.2) is 19.8 Å². The minimum Gasteiger partial charge on any atom is -0.207 e. The Morgan fingerprint density at radius 2 is 2.10 bits per heavy atom. The van der Waals surface area contributed by atoms with Crippen molar-refractivity contribution in [1.82, 2.24) is 4.72 Å². The van der Waals surface area contributed by atoms with E-state index in [1.807, 2.05) is 26.0 Å². The van der Waals surface area contributed by atoms with Gasteiger partial charge in [0.05, 0.1) is 4.90 Å². The maximum absolute atomic E-state index is 12.7. The molecule has 21 heavy (non-hydrogen) atoms. The molecule has 1 aromatic carbocycles. The quantitative estimate of drug-likeness (QED) is 0.855. The molecule has 0 saturated heterocycles. The lowest BCUT2D eigenvalue weighted by atomic mass is 9.78. The number of hydrogen-bond acceptors (Lipinski definition) is 2. The molecule has 5 heteroatoms. The van der Waals surface area contributed by atoms with Crippen molar-refractivity contribution in [2.24, 2.45) is 5.92 Å². The van der Waals surface area contributed by atoms with Gasteiger partial charge in [-0.3, -0.25) is 0 Å². The Bertz CT molecular complexity index is 615. The molecule has 2 rings (SSSR count). The van der Waals surface area contributed by atoms with Crippen molar-refractivity contribution < 1.29 is 8.42 Å². The summed E-state index contributed by atoms with van der Waals surface area (Å²) in [5, 5.41) is 0. The second-order valence-electron chi connectivity index (χ2n) is 6.49. The standard InChI is InChI=1S/C16H24ClNO2S/c1-12-6-7-15(14(3)9-12)21(19,20)18-16(11-17)8-4-5-13(2)10-16/h6-7,9,13,18H,4-5,8,10-11H2,1-3H3. The highest BCUT2D eigenvalue weighted by Crippen LogP contribution is 2.34. The van der Waals surface area contributed by atoms with Gasteiger partial charge in [-0.1, -0.05) is 37.5 Å². The molecule has 2 unspecified atom stereocenters. The number of nitrogens with one attached hydrogen (secondary N) is 1. The minimum absolute atomic E-state index is 0.321. The van der Waals surface area contributed by atoms with Crippen LogP contribution in [0.25, 0.3) is 0 Å². The molecule has 1 fully saturated rings. The number of halogens is 1. The van der Waals surface area contributed by atoms with Crippen LogP contribution in [0.4, 0.5) is 0 Å². The van der Waals surface area contributed by atoms with Crippen molar-refractivity contribution in [3.05, 3.63) is 29.3 Å². The van der Waals surface area contributed by atoms with Crippen molar-refractivity contribution in [2.45, 2.75) is 56.9 Å². The van der Waals surface area contributed by atoms with Crippen molar-refractivity contribution in [1.29, 1.82) is 0 Å². The van der Waals surface area contributed by atoms with Crippen LogP contribution in [0.1, 0.15) is 43.7 Å². The molecule has 1 N–H and O–H groups in total. The fourth-order valence-corrected chi connectivity index (χ4v) is 5.40. The Balaban J connectivity index is 2.31. The van der Waals surface area contributed by atoms with Crippen LogP contribution in [0.2, 0.25) is 0 Å². The van der Waals surface area contributed by atoms with Gasteiger partial charge in [-0.25, -0.2) is 13.1 Å². The normalized spacial score (nSPS) is 26.8. The average molecular weight is 330 g/mol. The molecule has 0 spiro atoms. The smallest absolute Gasteiger partial charge is 0.207 e. The van der Waals surface area contributed by atoms with Gasteiger partial charge in [-0.2, -0.15) is 0 Å². The molecular formula is C16H24ClNO2S. The second kappa shape index (κ2) is 6.27. The van der Waals surface area contributed by atoms with Gasteiger partial charge in [0.1, 0.15) is 0 Å². The molecule has 1 aromatic rings. The van der Waals surface area contributed by atoms with Crippen LogP contribution in [0.15, 0.2) is 23.1 Å². The first-order valence-electron chi connectivity index (χ1n) is 7.45. The molecule has 118 valence electrons. The summed E-state index contributed by atoms with van der Waals surface area (Å²) in [6, 6.07) is 5.41. The first kappa shape index (κ1) is 16.8. The zero-order chi connectivity index (χ0) is 15.7. The van der Waals surface area contributed by atoms with E-state index in [4.69, 9.17) is 11.6 Å². The second-order valence-corrected chi connectivity index (χ2v) is 8.41. The van der Waals surface area contributed by atoms with Gasteiger partial charge < -0.3 is 0 Å². The Morgan fingerprint density at radius 1 is 1.38 bits per heavy atom. The van der Waals surface area contributed by atoms with E-state index < -0.39 is 15.6 Å². The number of sulfonamides is 1. The van der Waals surface area contributed by atoms with Gasteiger partial charge in [-0.05, 0) is 44.2 Å². The van der Waals surface area contributed by atoms with Gasteiger partial charge in [0.25, 0.3) is 0 Å². The Labute approximate surface area is 133 Å². The fourth-order valence-electron chi connectivity index (χ4n) is 3.34. The zero-order valence-electron chi connectivity index (χ0n) is 12.9. The van der Waals surface area contributed by atoms with E-state index in [0.717, 1.165) is 36.8 Å². The molecule has 2 atom stereocenters. The van der Waals surface area contributed by atoms with E-state index in [1.54, 1.807) is 6.07 Å². The summed E-state index contributed by atoms with van der Waals surface area (Å²) >= 11 is 6.13. The molecule has 0 amide bonds. The van der Waals surface area contributed by atoms with Crippen LogP contribution < -0.4 is 4.72 Å². The largest absolute Gasteiger partial charge is 0.241 e. The summed E-state index contributed by atoms with van der Waals surface area (Å²) in [6.45, 7) is 5.95. The van der Waals surface area contributed by atoms with E-state index in [-0.39, 0.29) is 0 Å². The van der Waals surface area contributed by atoms with E-state index >= 15 is 0 Å². The molecule has 0 heterocycles. The molecule has 1 aliphatic carbocycles. The SMILES string of the molecule is Cc1ccc(S(=O)(=O)NC2(CCl)CCCC(C)C2)c(C)c1. The van der Waals surface area contributed by atoms with Crippen molar-refractivity contribution in [3.63, 3.8) is 0 Å². The predicted octanol–water partition coefficient (Wildman–Crippen LogP) is 3.77. The minimum atomic E-state index is -3.54. The summed E-state index contributed by atoms with van der Waals surface area (Å²) in [5.74, 6) is 0.820.